The lowest BCUT2D eigenvalue weighted by Gasteiger charge is -2.28. The van der Waals surface area contributed by atoms with E-state index in [-0.39, 0.29) is 18.6 Å². The lowest BCUT2D eigenvalue weighted by molar-refractivity contribution is 0.0143. The van der Waals surface area contributed by atoms with E-state index in [2.05, 4.69) is 0 Å². The van der Waals surface area contributed by atoms with Crippen molar-refractivity contribution in [3.05, 3.63) is 29.9 Å². The van der Waals surface area contributed by atoms with Crippen LogP contribution in [0.2, 0.25) is 0 Å². The lowest BCUT2D eigenvalue weighted by atomic mass is 9.88. The van der Waals surface area contributed by atoms with Crippen LogP contribution in [0.5, 0.6) is 0 Å². The third kappa shape index (κ3) is 1.13. The zero-order valence-corrected chi connectivity index (χ0v) is 6.52. The molecular formula is C9H9F2O. The van der Waals surface area contributed by atoms with Crippen molar-refractivity contribution in [1.29, 1.82) is 0 Å². The molecule has 3 heteroatoms. The molecule has 0 bridgehead atoms. The molecule has 2 rings (SSSR count). The number of alkyl halides is 2. The summed E-state index contributed by atoms with van der Waals surface area (Å²) in [6.07, 6.45) is 5.29. The SMILES string of the molecule is FC1(F)CC[CH]C2=C1COC=C2. The zero-order chi connectivity index (χ0) is 8.60. The Morgan fingerprint density at radius 2 is 2.25 bits per heavy atom. The normalized spacial score (nSPS) is 26.5. The molecule has 12 heavy (non-hydrogen) atoms. The summed E-state index contributed by atoms with van der Waals surface area (Å²) in [5.74, 6) is -2.66. The molecule has 0 saturated carbocycles. The number of ether oxygens (including phenoxy) is 1. The van der Waals surface area contributed by atoms with Gasteiger partial charge in [-0.25, -0.2) is 8.78 Å². The highest BCUT2D eigenvalue weighted by Crippen LogP contribution is 2.39. The van der Waals surface area contributed by atoms with Gasteiger partial charge >= 0.3 is 0 Å². The van der Waals surface area contributed by atoms with E-state index >= 15 is 0 Å². The Morgan fingerprint density at radius 1 is 1.42 bits per heavy atom. The fourth-order valence-electron chi connectivity index (χ4n) is 1.50. The molecule has 0 unspecified atom stereocenters. The zero-order valence-electron chi connectivity index (χ0n) is 6.52. The van der Waals surface area contributed by atoms with E-state index in [1.165, 1.54) is 6.26 Å². The van der Waals surface area contributed by atoms with Gasteiger partial charge in [-0.05, 0) is 24.5 Å². The van der Waals surface area contributed by atoms with Gasteiger partial charge in [0.2, 0.25) is 0 Å². The highest BCUT2D eigenvalue weighted by molar-refractivity contribution is 5.40. The van der Waals surface area contributed by atoms with Gasteiger partial charge in [0.05, 0.1) is 6.26 Å². The topological polar surface area (TPSA) is 9.23 Å². The molecule has 1 aliphatic carbocycles. The maximum absolute atomic E-state index is 13.1. The number of hydrogen-bond donors (Lipinski definition) is 0. The molecule has 0 fully saturated rings. The molecule has 1 aliphatic heterocycles. The minimum Gasteiger partial charge on any atom is -0.497 e. The van der Waals surface area contributed by atoms with Crippen LogP contribution in [0.25, 0.3) is 0 Å². The van der Waals surface area contributed by atoms with E-state index in [1.807, 2.05) is 6.42 Å². The largest absolute Gasteiger partial charge is 0.497 e. The van der Waals surface area contributed by atoms with Gasteiger partial charge in [-0.1, -0.05) is 0 Å². The fourth-order valence-corrected chi connectivity index (χ4v) is 1.50. The summed E-state index contributed by atoms with van der Waals surface area (Å²) in [5.41, 5.74) is 0.786. The first-order valence-corrected chi connectivity index (χ1v) is 3.93. The van der Waals surface area contributed by atoms with Gasteiger partial charge in [0.1, 0.15) is 6.61 Å². The quantitative estimate of drug-likeness (QED) is 0.544. The monoisotopic (exact) mass is 171 g/mol. The maximum Gasteiger partial charge on any atom is 0.273 e. The summed E-state index contributed by atoms with van der Waals surface area (Å²) in [6.45, 7) is 0.0370. The molecule has 1 nitrogen and oxygen atoms in total. The van der Waals surface area contributed by atoms with Crippen molar-refractivity contribution in [2.45, 2.75) is 18.8 Å². The number of rotatable bonds is 0. The van der Waals surface area contributed by atoms with E-state index in [0.29, 0.717) is 12.0 Å². The van der Waals surface area contributed by atoms with Crippen molar-refractivity contribution in [3.63, 3.8) is 0 Å². The highest BCUT2D eigenvalue weighted by Gasteiger charge is 2.39. The lowest BCUT2D eigenvalue weighted by Crippen LogP contribution is -2.28. The molecular weight excluding hydrogens is 162 g/mol. The number of hydrogen-bond acceptors (Lipinski definition) is 1. The predicted octanol–water partition coefficient (Wildman–Crippen LogP) is 2.46. The van der Waals surface area contributed by atoms with Crippen molar-refractivity contribution < 1.29 is 13.5 Å². The van der Waals surface area contributed by atoms with Crippen molar-refractivity contribution in [3.8, 4) is 0 Å². The minimum atomic E-state index is -2.66. The van der Waals surface area contributed by atoms with Crippen LogP contribution in [-0.2, 0) is 4.74 Å². The molecule has 2 aliphatic rings. The summed E-state index contributed by atoms with van der Waals surface area (Å²) in [6, 6.07) is 0. The third-order valence-corrected chi connectivity index (χ3v) is 2.18. The molecule has 0 N–H and O–H groups in total. The molecule has 0 aromatic heterocycles. The molecule has 1 radical (unpaired) electrons. The Hall–Kier alpha value is -0.860. The van der Waals surface area contributed by atoms with Crippen molar-refractivity contribution in [2.75, 3.05) is 6.61 Å². The van der Waals surface area contributed by atoms with Gasteiger partial charge in [-0.3, -0.25) is 0 Å². The minimum absolute atomic E-state index is 0.0370. The van der Waals surface area contributed by atoms with Crippen molar-refractivity contribution in [2.24, 2.45) is 0 Å². The molecule has 0 spiro atoms. The number of allylic oxidation sites excluding steroid dienone is 2. The Kier molecular flexibility index (Phi) is 1.67. The van der Waals surface area contributed by atoms with E-state index in [0.717, 1.165) is 0 Å². The first kappa shape index (κ1) is 7.77. The van der Waals surface area contributed by atoms with Crippen LogP contribution in [0.1, 0.15) is 12.8 Å². The summed E-state index contributed by atoms with van der Waals surface area (Å²) >= 11 is 0. The highest BCUT2D eigenvalue weighted by atomic mass is 19.3. The molecule has 0 aromatic rings. The maximum atomic E-state index is 13.1. The molecule has 0 saturated heterocycles. The first-order chi connectivity index (χ1) is 5.70. The average Bonchev–Trinajstić information content (AvgIpc) is 2.04. The Labute approximate surface area is 69.7 Å². The van der Waals surface area contributed by atoms with Crippen LogP contribution in [0.4, 0.5) is 8.78 Å². The van der Waals surface area contributed by atoms with Crippen LogP contribution in [-0.4, -0.2) is 12.5 Å². The Bertz CT molecular complexity index is 253. The van der Waals surface area contributed by atoms with Gasteiger partial charge < -0.3 is 4.74 Å². The van der Waals surface area contributed by atoms with Crippen LogP contribution in [0.3, 0.4) is 0 Å². The van der Waals surface area contributed by atoms with Crippen molar-refractivity contribution >= 4 is 0 Å². The molecule has 65 valence electrons. The smallest absolute Gasteiger partial charge is 0.273 e. The standard InChI is InChI=1S/C9H9F2O/c10-9(11)4-1-2-7-3-5-12-6-8(7)9/h2-3,5H,1,4,6H2. The third-order valence-electron chi connectivity index (χ3n) is 2.18. The van der Waals surface area contributed by atoms with Crippen LogP contribution in [0, 0.1) is 6.42 Å². The second kappa shape index (κ2) is 2.57. The van der Waals surface area contributed by atoms with Gasteiger partial charge in [0, 0.05) is 12.0 Å². The molecule has 0 amide bonds. The van der Waals surface area contributed by atoms with Gasteiger partial charge in [0.25, 0.3) is 5.92 Å². The number of halogens is 2. The summed E-state index contributed by atoms with van der Waals surface area (Å²) < 4.78 is 31.1. The first-order valence-electron chi connectivity index (χ1n) is 3.93. The Morgan fingerprint density at radius 3 is 3.00 bits per heavy atom. The second-order valence-corrected chi connectivity index (χ2v) is 2.99. The molecule has 1 heterocycles. The molecule has 0 atom stereocenters. The van der Waals surface area contributed by atoms with E-state index in [1.54, 1.807) is 6.08 Å². The van der Waals surface area contributed by atoms with Gasteiger partial charge in [-0.2, -0.15) is 0 Å². The van der Waals surface area contributed by atoms with E-state index in [9.17, 15) is 8.78 Å². The average molecular weight is 171 g/mol. The summed E-state index contributed by atoms with van der Waals surface area (Å²) in [4.78, 5) is 0. The second-order valence-electron chi connectivity index (χ2n) is 2.99. The van der Waals surface area contributed by atoms with E-state index in [4.69, 9.17) is 4.74 Å². The Balaban J connectivity index is 2.37. The van der Waals surface area contributed by atoms with Crippen LogP contribution < -0.4 is 0 Å². The van der Waals surface area contributed by atoms with E-state index < -0.39 is 5.92 Å². The van der Waals surface area contributed by atoms with Crippen LogP contribution >= 0.6 is 0 Å². The fraction of sp³-hybridized carbons (Fsp3) is 0.444. The summed E-state index contributed by atoms with van der Waals surface area (Å²) in [7, 11) is 0. The summed E-state index contributed by atoms with van der Waals surface area (Å²) in [5, 5.41) is 0. The van der Waals surface area contributed by atoms with Gasteiger partial charge in [-0.15, -0.1) is 0 Å². The van der Waals surface area contributed by atoms with Crippen LogP contribution in [0.15, 0.2) is 23.5 Å². The van der Waals surface area contributed by atoms with Gasteiger partial charge in [0.15, 0.2) is 0 Å². The predicted molar refractivity (Wildman–Crippen MR) is 40.6 cm³/mol. The molecule has 0 aromatic carbocycles. The van der Waals surface area contributed by atoms with Crippen molar-refractivity contribution in [1.82, 2.24) is 0 Å².